The van der Waals surface area contributed by atoms with Gasteiger partial charge in [-0.25, -0.2) is 4.79 Å². The number of aryl methyl sites for hydroxylation is 1. The number of hydrogen-bond acceptors (Lipinski definition) is 18. The number of nitrogens with two attached hydrogens (primary N) is 2. The summed E-state index contributed by atoms with van der Waals surface area (Å²) in [6.45, 7) is 6.73. The summed E-state index contributed by atoms with van der Waals surface area (Å²) in [4.78, 5) is 62.7. The molecule has 0 spiro atoms. The highest BCUT2D eigenvalue weighted by Crippen LogP contribution is 2.42. The molecule has 21 heteroatoms. The van der Waals surface area contributed by atoms with Gasteiger partial charge in [-0.2, -0.15) is 9.36 Å². The lowest BCUT2D eigenvalue weighted by atomic mass is 9.98. The van der Waals surface area contributed by atoms with Crippen LogP contribution in [0.15, 0.2) is 20.8 Å². The van der Waals surface area contributed by atoms with Crippen molar-refractivity contribution in [2.45, 2.75) is 49.9 Å². The van der Waals surface area contributed by atoms with E-state index in [0.717, 1.165) is 16.5 Å². The summed E-state index contributed by atoms with van der Waals surface area (Å²) in [6.07, 6.45) is 0.500. The molecule has 2 atom stereocenters. The van der Waals surface area contributed by atoms with Gasteiger partial charge in [-0.15, -0.1) is 34.4 Å². The summed E-state index contributed by atoms with van der Waals surface area (Å²) in [6, 6.07) is -1.00. The Hall–Kier alpha value is -3.04. The second kappa shape index (κ2) is 16.0. The van der Waals surface area contributed by atoms with Gasteiger partial charge in [-0.05, 0) is 46.2 Å². The van der Waals surface area contributed by atoms with Gasteiger partial charge in [0.25, 0.3) is 11.8 Å². The number of anilines is 1. The van der Waals surface area contributed by atoms with Crippen molar-refractivity contribution in [3.8, 4) is 0 Å². The Morgan fingerprint density at radius 3 is 2.60 bits per heavy atom. The van der Waals surface area contributed by atoms with E-state index in [1.54, 1.807) is 20.8 Å². The molecule has 0 aliphatic carbocycles. The van der Waals surface area contributed by atoms with E-state index in [1.807, 2.05) is 6.92 Å². The van der Waals surface area contributed by atoms with Crippen molar-refractivity contribution < 1.29 is 33.5 Å². The highest BCUT2D eigenvalue weighted by Gasteiger charge is 2.54. The summed E-state index contributed by atoms with van der Waals surface area (Å²) in [7, 11) is 0. The molecule has 45 heavy (non-hydrogen) atoms. The van der Waals surface area contributed by atoms with Crippen LogP contribution in [0.1, 0.15) is 38.0 Å². The van der Waals surface area contributed by atoms with Gasteiger partial charge in [-0.1, -0.05) is 28.3 Å². The Morgan fingerprint density at radius 2 is 1.98 bits per heavy atom. The van der Waals surface area contributed by atoms with E-state index < -0.39 is 47.4 Å². The van der Waals surface area contributed by atoms with Crippen LogP contribution in [0.3, 0.4) is 0 Å². The lowest BCUT2D eigenvalue weighted by molar-refractivity contribution is -0.173. The zero-order valence-electron chi connectivity index (χ0n) is 24.6. The number of nitrogen functional groups attached to an aromatic ring is 1. The van der Waals surface area contributed by atoms with Crippen LogP contribution in [0.5, 0.6) is 0 Å². The number of nitrogens with one attached hydrogen (secondary N) is 1. The first-order valence-electron chi connectivity index (χ1n) is 13.1. The zero-order valence-corrected chi connectivity index (χ0v) is 28.7. The van der Waals surface area contributed by atoms with Crippen molar-refractivity contribution in [1.82, 2.24) is 29.8 Å². The SMILES string of the molecule is Cc1nnc(SCC2=C(C(=O)OCOC(=O)C(C)(C)C)N3C(=O)C(NC(=O)C(=NOCCCN)c4nsc(N)n4)[C@H]3SC2)s1.Cl. The number of nitrogens with zero attached hydrogens (tertiary/aromatic N) is 6. The minimum Gasteiger partial charge on any atom is -0.427 e. The molecule has 1 fully saturated rings. The van der Waals surface area contributed by atoms with E-state index in [2.05, 4.69) is 30.0 Å². The third-order valence-electron chi connectivity index (χ3n) is 5.86. The summed E-state index contributed by atoms with van der Waals surface area (Å²) >= 11 is 5.01. The highest BCUT2D eigenvalue weighted by molar-refractivity contribution is 8.01. The number of β-lactam (4-membered cyclic amide) rings is 1. The lowest BCUT2D eigenvalue weighted by Gasteiger charge is -2.49. The molecule has 4 heterocycles. The Labute approximate surface area is 281 Å². The van der Waals surface area contributed by atoms with Crippen LogP contribution in [-0.4, -0.2) is 96.8 Å². The molecule has 2 aliphatic rings. The third-order valence-corrected chi connectivity index (χ3v) is 9.80. The van der Waals surface area contributed by atoms with Gasteiger partial charge in [0.1, 0.15) is 28.7 Å². The van der Waals surface area contributed by atoms with Gasteiger partial charge < -0.3 is 31.1 Å². The van der Waals surface area contributed by atoms with Gasteiger partial charge in [0.05, 0.1) is 5.41 Å². The van der Waals surface area contributed by atoms with Gasteiger partial charge in [0, 0.05) is 23.0 Å². The molecule has 2 aliphatic heterocycles. The molecule has 0 aromatic carbocycles. The van der Waals surface area contributed by atoms with Crippen LogP contribution < -0.4 is 16.8 Å². The zero-order chi connectivity index (χ0) is 32.0. The smallest absolute Gasteiger partial charge is 0.357 e. The molecular weight excluding hydrogens is 690 g/mol. The second-order valence-electron chi connectivity index (χ2n) is 10.3. The number of thioether (sulfide) groups is 2. The number of ether oxygens (including phenoxy) is 2. The Kier molecular flexibility index (Phi) is 12.9. The molecule has 0 saturated carbocycles. The van der Waals surface area contributed by atoms with E-state index in [9.17, 15) is 19.2 Å². The van der Waals surface area contributed by atoms with Crippen molar-refractivity contribution >= 4 is 93.4 Å². The Morgan fingerprint density at radius 1 is 1.22 bits per heavy atom. The van der Waals surface area contributed by atoms with E-state index >= 15 is 0 Å². The van der Waals surface area contributed by atoms with Crippen LogP contribution in [0.2, 0.25) is 0 Å². The maximum absolute atomic E-state index is 13.5. The number of fused-ring (bicyclic) bond motifs is 1. The van der Waals surface area contributed by atoms with Gasteiger partial charge >= 0.3 is 11.9 Å². The molecule has 2 aromatic heterocycles. The molecule has 4 rings (SSSR count). The normalized spacial score (nSPS) is 18.0. The van der Waals surface area contributed by atoms with Crippen molar-refractivity contribution in [3.05, 3.63) is 22.1 Å². The number of carbonyl (C=O) groups excluding carboxylic acids is 4. The molecule has 2 amide bonds. The second-order valence-corrected chi connectivity index (χ2v) is 14.6. The van der Waals surface area contributed by atoms with Gasteiger partial charge in [0.2, 0.25) is 18.3 Å². The number of aromatic nitrogens is 4. The average Bonchev–Trinajstić information content (AvgIpc) is 3.60. The number of esters is 2. The van der Waals surface area contributed by atoms with Crippen LogP contribution in [-0.2, 0) is 33.5 Å². The van der Waals surface area contributed by atoms with Crippen molar-refractivity contribution in [1.29, 1.82) is 0 Å². The third kappa shape index (κ3) is 9.03. The first-order valence-corrected chi connectivity index (χ1v) is 16.8. The lowest BCUT2D eigenvalue weighted by Crippen LogP contribution is -2.71. The summed E-state index contributed by atoms with van der Waals surface area (Å²) in [5, 5.41) is 14.9. The molecule has 5 N–H and O–H groups in total. The summed E-state index contributed by atoms with van der Waals surface area (Å²) in [5.74, 6) is -2.07. The Bertz CT molecular complexity index is 1480. The van der Waals surface area contributed by atoms with Crippen LogP contribution >= 0.6 is 58.8 Å². The largest absolute Gasteiger partial charge is 0.427 e. The standard InChI is InChI=1S/C24H31N9O7S4.ClH/c1-11-29-30-23(43-11)42-9-12-8-41-19-14(18(35)33(19)15(12)20(36)38-10-39-21(37)24(2,3)4)27-17(34)13(31-40-7-5-6-25)16-28-22(26)44-32-16;/h14,19H,5-10,25H2,1-4H3,(H,27,34)(H2,26,28,32);1H/t14?,19-;/m1./s1. The first-order chi connectivity index (χ1) is 20.9. The minimum absolute atomic E-state index is 0. The number of carbonyl (C=O) groups is 4. The molecular formula is C24H32ClN9O7S4. The molecule has 0 radical (unpaired) electrons. The fourth-order valence-electron chi connectivity index (χ4n) is 3.67. The predicted molar refractivity (Wildman–Crippen MR) is 172 cm³/mol. The minimum atomic E-state index is -1.00. The van der Waals surface area contributed by atoms with E-state index in [0.29, 0.717) is 34.4 Å². The van der Waals surface area contributed by atoms with Crippen LogP contribution in [0.25, 0.3) is 0 Å². The van der Waals surface area contributed by atoms with Crippen molar-refractivity contribution in [3.63, 3.8) is 0 Å². The van der Waals surface area contributed by atoms with Crippen molar-refractivity contribution in [2.24, 2.45) is 16.3 Å². The molecule has 2 aromatic rings. The molecule has 0 bridgehead atoms. The van der Waals surface area contributed by atoms with E-state index in [-0.39, 0.29) is 41.4 Å². The molecule has 16 nitrogen and oxygen atoms in total. The maximum Gasteiger partial charge on any atom is 0.357 e. The van der Waals surface area contributed by atoms with Crippen molar-refractivity contribution in [2.75, 3.05) is 37.2 Å². The van der Waals surface area contributed by atoms with Crippen LogP contribution in [0.4, 0.5) is 5.13 Å². The quantitative estimate of drug-likeness (QED) is 0.0504. The number of halogens is 1. The highest BCUT2D eigenvalue weighted by atomic mass is 35.5. The monoisotopic (exact) mass is 721 g/mol. The predicted octanol–water partition coefficient (Wildman–Crippen LogP) is 1.31. The molecule has 1 unspecified atom stereocenters. The fraction of sp³-hybridized carbons (Fsp3) is 0.542. The maximum atomic E-state index is 13.5. The van der Waals surface area contributed by atoms with Gasteiger partial charge in [0.15, 0.2) is 9.47 Å². The number of oxime groups is 1. The number of hydrogen-bond donors (Lipinski definition) is 3. The van der Waals surface area contributed by atoms with E-state index in [4.69, 9.17) is 25.8 Å². The van der Waals surface area contributed by atoms with Crippen LogP contribution in [0, 0.1) is 12.3 Å². The average molecular weight is 722 g/mol. The van der Waals surface area contributed by atoms with E-state index in [1.165, 1.54) is 39.8 Å². The molecule has 1 saturated heterocycles. The summed E-state index contributed by atoms with van der Waals surface area (Å²) < 4.78 is 15.1. The fourth-order valence-corrected chi connectivity index (χ4v) is 7.41. The number of rotatable bonds is 13. The summed E-state index contributed by atoms with van der Waals surface area (Å²) in [5.41, 5.74) is 10.8. The first kappa shape index (κ1) is 36.4. The van der Waals surface area contributed by atoms with Gasteiger partial charge in [-0.3, -0.25) is 19.3 Å². The number of amides is 2. The molecule has 246 valence electrons. The Balaban J connectivity index is 0.00000552. The topological polar surface area (TPSA) is 227 Å².